The summed E-state index contributed by atoms with van der Waals surface area (Å²) in [6, 6.07) is -0.854. The molecule has 0 aromatic carbocycles. The van der Waals surface area contributed by atoms with Crippen LogP contribution < -0.4 is 5.32 Å². The van der Waals surface area contributed by atoms with Crippen molar-refractivity contribution in [1.82, 2.24) is 5.32 Å². The fraction of sp³-hybridized carbons (Fsp3) is 0.940. The number of carbonyl (C=O) groups is 1. The van der Waals surface area contributed by atoms with Gasteiger partial charge in [0.15, 0.2) is 6.29 Å². The van der Waals surface area contributed by atoms with Gasteiger partial charge in [0, 0.05) is 6.42 Å². The van der Waals surface area contributed by atoms with Gasteiger partial charge in [0.1, 0.15) is 24.4 Å². The van der Waals surface area contributed by atoms with Crippen LogP contribution in [0.5, 0.6) is 0 Å². The molecule has 63 heavy (non-hydrogen) atoms. The largest absolute Gasteiger partial charge is 0.397 e. The predicted octanol–water partition coefficient (Wildman–Crippen LogP) is 11.1. The van der Waals surface area contributed by atoms with Gasteiger partial charge < -0.3 is 35.2 Å². The fourth-order valence-electron chi connectivity index (χ4n) is 8.51. The maximum atomic E-state index is 13.1. The molecule has 7 unspecified atom stereocenters. The van der Waals surface area contributed by atoms with Crippen molar-refractivity contribution in [3.8, 4) is 0 Å². The van der Waals surface area contributed by atoms with Crippen LogP contribution in [-0.4, -0.2) is 95.4 Å². The highest BCUT2D eigenvalue weighted by Gasteiger charge is 2.48. The highest BCUT2D eigenvalue weighted by atomic mass is 32.3. The van der Waals surface area contributed by atoms with Crippen molar-refractivity contribution in [2.75, 3.05) is 13.2 Å². The summed E-state index contributed by atoms with van der Waals surface area (Å²) in [6.45, 7) is 3.44. The molecule has 0 aliphatic carbocycles. The van der Waals surface area contributed by atoms with E-state index in [1.54, 1.807) is 0 Å². The van der Waals surface area contributed by atoms with Gasteiger partial charge in [0.25, 0.3) is 0 Å². The number of aliphatic hydroxyl groups is 4. The van der Waals surface area contributed by atoms with Gasteiger partial charge in [-0.05, 0) is 38.5 Å². The van der Waals surface area contributed by atoms with Gasteiger partial charge in [-0.3, -0.25) is 9.35 Å². The van der Waals surface area contributed by atoms with E-state index in [1.807, 2.05) is 0 Å². The Morgan fingerprint density at radius 1 is 0.619 bits per heavy atom. The first-order valence-electron chi connectivity index (χ1n) is 26.1. The number of nitrogens with one attached hydrogen (secondary N) is 1. The number of rotatable bonds is 45. The first-order valence-corrected chi connectivity index (χ1v) is 27.4. The highest BCUT2D eigenvalue weighted by molar-refractivity contribution is 7.80. The van der Waals surface area contributed by atoms with Crippen LogP contribution in [0.2, 0.25) is 0 Å². The van der Waals surface area contributed by atoms with E-state index in [-0.39, 0.29) is 12.5 Å². The van der Waals surface area contributed by atoms with E-state index in [9.17, 15) is 38.2 Å². The first kappa shape index (κ1) is 59.9. The van der Waals surface area contributed by atoms with Gasteiger partial charge in [-0.25, -0.2) is 4.18 Å². The number of amides is 1. The number of ether oxygens (including phenoxy) is 2. The summed E-state index contributed by atoms with van der Waals surface area (Å²) in [5.74, 6) is -0.230. The molecule has 6 N–H and O–H groups in total. The van der Waals surface area contributed by atoms with Crippen LogP contribution in [0.1, 0.15) is 245 Å². The lowest BCUT2D eigenvalue weighted by atomic mass is 9.99. The Balaban J connectivity index is 2.30. The standard InChI is InChI=1S/C50H97NO11S/c1-3-5-7-9-11-13-15-16-17-18-19-20-21-22-23-24-25-26-27-28-29-30-32-34-36-38-40-46(54)51-43(44(53)39-37-35-33-31-14-12-10-8-6-4-2)42-60-50-48(56)49(62-63(57,58)59)47(55)45(41-52)61-50/h22-23,43-45,47-50,52-53,55-56H,3-21,24-42H2,1-2H3,(H,51,54)(H,57,58,59)/b23-22-. The monoisotopic (exact) mass is 920 g/mol. The second-order valence-electron chi connectivity index (χ2n) is 18.5. The molecule has 0 aromatic heterocycles. The van der Waals surface area contributed by atoms with Crippen LogP contribution in [0.15, 0.2) is 12.2 Å². The molecule has 0 bridgehead atoms. The zero-order chi connectivity index (χ0) is 46.2. The lowest BCUT2D eigenvalue weighted by Gasteiger charge is -2.41. The molecule has 7 atom stereocenters. The minimum atomic E-state index is -5.07. The molecule has 1 amide bonds. The molecule has 1 aliphatic heterocycles. The van der Waals surface area contributed by atoms with Crippen LogP contribution in [0.4, 0.5) is 0 Å². The lowest BCUT2D eigenvalue weighted by Crippen LogP contribution is -2.61. The van der Waals surface area contributed by atoms with E-state index in [0.717, 1.165) is 51.4 Å². The Morgan fingerprint density at radius 2 is 1.02 bits per heavy atom. The van der Waals surface area contributed by atoms with Crippen molar-refractivity contribution in [2.45, 2.75) is 288 Å². The Kier molecular flexibility index (Phi) is 39.0. The van der Waals surface area contributed by atoms with Crippen molar-refractivity contribution in [3.63, 3.8) is 0 Å². The molecule has 0 spiro atoms. The van der Waals surface area contributed by atoms with Crippen LogP contribution in [0.25, 0.3) is 0 Å². The van der Waals surface area contributed by atoms with Crippen molar-refractivity contribution in [3.05, 3.63) is 12.2 Å². The Hall–Kier alpha value is -1.16. The molecule has 12 nitrogen and oxygen atoms in total. The molecule has 13 heteroatoms. The Morgan fingerprint density at radius 3 is 1.43 bits per heavy atom. The minimum Gasteiger partial charge on any atom is -0.394 e. The van der Waals surface area contributed by atoms with Gasteiger partial charge in [0.05, 0.1) is 25.4 Å². The molecule has 0 radical (unpaired) electrons. The topological polar surface area (TPSA) is 192 Å². The zero-order valence-corrected chi connectivity index (χ0v) is 41.0. The summed E-state index contributed by atoms with van der Waals surface area (Å²) >= 11 is 0. The van der Waals surface area contributed by atoms with Gasteiger partial charge in [0.2, 0.25) is 5.91 Å². The first-order chi connectivity index (χ1) is 30.5. The smallest absolute Gasteiger partial charge is 0.394 e. The summed E-state index contributed by atoms with van der Waals surface area (Å²) < 4.78 is 47.7. The third-order valence-corrected chi connectivity index (χ3v) is 13.0. The van der Waals surface area contributed by atoms with Gasteiger partial charge in [-0.15, -0.1) is 0 Å². The molecule has 0 saturated carbocycles. The molecule has 374 valence electrons. The highest BCUT2D eigenvalue weighted by Crippen LogP contribution is 2.26. The second-order valence-corrected chi connectivity index (χ2v) is 19.5. The van der Waals surface area contributed by atoms with Crippen LogP contribution in [0, 0.1) is 0 Å². The normalized spacial score (nSPS) is 20.4. The number of allylic oxidation sites excluding steroid dienone is 2. The lowest BCUT2D eigenvalue weighted by molar-refractivity contribution is -0.298. The van der Waals surface area contributed by atoms with Crippen molar-refractivity contribution >= 4 is 16.3 Å². The average molecular weight is 920 g/mol. The van der Waals surface area contributed by atoms with Gasteiger partial charge in [-0.2, -0.15) is 8.42 Å². The SMILES string of the molecule is CCCCCCCCCCCCCC/C=C\CCCCCCCCCCCCC(=O)NC(COC1OC(CO)C(O)C(OS(=O)(=O)O)C1O)C(O)CCCCCCCCCCCC. The van der Waals surface area contributed by atoms with E-state index >= 15 is 0 Å². The summed E-state index contributed by atoms with van der Waals surface area (Å²) in [5.41, 5.74) is 0. The molecule has 0 aromatic rings. The summed E-state index contributed by atoms with van der Waals surface area (Å²) in [5, 5.41) is 44.8. The van der Waals surface area contributed by atoms with Crippen molar-refractivity contribution < 1.29 is 51.8 Å². The number of aliphatic hydroxyl groups excluding tert-OH is 4. The molecule has 1 aliphatic rings. The molecule has 1 heterocycles. The van der Waals surface area contributed by atoms with Crippen molar-refractivity contribution in [1.29, 1.82) is 0 Å². The molecular weight excluding hydrogens is 823 g/mol. The third kappa shape index (κ3) is 33.9. The third-order valence-electron chi connectivity index (χ3n) is 12.6. The van der Waals surface area contributed by atoms with E-state index in [1.165, 1.54) is 167 Å². The number of unbranched alkanes of at least 4 members (excludes halogenated alkanes) is 31. The van der Waals surface area contributed by atoms with Crippen LogP contribution in [0.3, 0.4) is 0 Å². The predicted molar refractivity (Wildman–Crippen MR) is 255 cm³/mol. The quantitative estimate of drug-likeness (QED) is 0.0193. The van der Waals surface area contributed by atoms with Crippen LogP contribution >= 0.6 is 0 Å². The molecule has 1 rings (SSSR count). The maximum absolute atomic E-state index is 13.1. The summed E-state index contributed by atoms with van der Waals surface area (Å²) in [6.07, 6.45) is 38.1. The van der Waals surface area contributed by atoms with E-state index in [0.29, 0.717) is 12.8 Å². The number of carbonyl (C=O) groups excluding carboxylic acids is 1. The summed E-state index contributed by atoms with van der Waals surface area (Å²) in [7, 11) is -5.07. The van der Waals surface area contributed by atoms with E-state index < -0.39 is 59.9 Å². The zero-order valence-electron chi connectivity index (χ0n) is 40.2. The number of hydrogen-bond donors (Lipinski definition) is 6. The molecule has 1 fully saturated rings. The van der Waals surface area contributed by atoms with Crippen molar-refractivity contribution in [2.24, 2.45) is 0 Å². The fourth-order valence-corrected chi connectivity index (χ4v) is 9.02. The second kappa shape index (κ2) is 41.1. The van der Waals surface area contributed by atoms with Gasteiger partial charge in [-0.1, -0.05) is 212 Å². The maximum Gasteiger partial charge on any atom is 0.397 e. The molecule has 1 saturated heterocycles. The van der Waals surface area contributed by atoms with Gasteiger partial charge >= 0.3 is 10.4 Å². The Bertz CT molecular complexity index is 1180. The van der Waals surface area contributed by atoms with E-state index in [4.69, 9.17) is 9.47 Å². The Labute approximate surface area is 385 Å². The minimum absolute atomic E-state index is 0.230. The average Bonchev–Trinajstić information content (AvgIpc) is 3.25. The number of hydrogen-bond acceptors (Lipinski definition) is 10. The van der Waals surface area contributed by atoms with E-state index in [2.05, 4.69) is 35.5 Å². The summed E-state index contributed by atoms with van der Waals surface area (Å²) in [4.78, 5) is 13.1. The van der Waals surface area contributed by atoms with Crippen LogP contribution in [-0.2, 0) is 28.9 Å². The molecular formula is C50H97NO11S.